The lowest BCUT2D eigenvalue weighted by Crippen LogP contribution is -2.30. The van der Waals surface area contributed by atoms with Crippen LogP contribution >= 0.6 is 0 Å². The van der Waals surface area contributed by atoms with Crippen LogP contribution < -0.4 is 0 Å². The van der Waals surface area contributed by atoms with E-state index in [1.165, 1.54) is 244 Å². The van der Waals surface area contributed by atoms with Gasteiger partial charge in [-0.15, -0.1) is 0 Å². The number of allylic oxidation sites excluding steroid dienone is 11. The molecule has 0 saturated carbocycles. The molecule has 1 unspecified atom stereocenters. The maximum absolute atomic E-state index is 12.8. The highest BCUT2D eigenvalue weighted by molar-refractivity contribution is 5.72. The van der Waals surface area contributed by atoms with Crippen LogP contribution in [0.15, 0.2) is 72.9 Å². The minimum absolute atomic E-state index is 0.101. The highest BCUT2D eigenvalue weighted by atomic mass is 16.6. The third kappa shape index (κ3) is 65.5. The monoisotopic (exact) mass is 1100 g/mol. The van der Waals surface area contributed by atoms with Crippen molar-refractivity contribution < 1.29 is 28.6 Å². The summed E-state index contributed by atoms with van der Waals surface area (Å²) in [6.07, 6.45) is 88.5. The van der Waals surface area contributed by atoms with Gasteiger partial charge in [0.15, 0.2) is 6.10 Å². The van der Waals surface area contributed by atoms with Crippen molar-refractivity contribution in [1.29, 1.82) is 0 Å². The van der Waals surface area contributed by atoms with Crippen LogP contribution in [-0.2, 0) is 28.6 Å². The fourth-order valence-electron chi connectivity index (χ4n) is 10.1. The summed E-state index contributed by atoms with van der Waals surface area (Å²) in [5.74, 6) is -1.03. The normalized spacial score (nSPS) is 12.5. The van der Waals surface area contributed by atoms with Gasteiger partial charge in [-0.3, -0.25) is 14.4 Å². The van der Waals surface area contributed by atoms with Gasteiger partial charge in [0.25, 0.3) is 0 Å². The first-order valence-corrected chi connectivity index (χ1v) is 34.4. The highest BCUT2D eigenvalue weighted by Gasteiger charge is 2.19. The second-order valence-electron chi connectivity index (χ2n) is 23.1. The van der Waals surface area contributed by atoms with Crippen LogP contribution in [0, 0.1) is 0 Å². The lowest BCUT2D eigenvalue weighted by atomic mass is 10.0. The molecule has 6 heteroatoms. The summed E-state index contributed by atoms with van der Waals surface area (Å²) in [7, 11) is 0. The Bertz CT molecular complexity index is 1450. The van der Waals surface area contributed by atoms with Gasteiger partial charge >= 0.3 is 17.9 Å². The minimum Gasteiger partial charge on any atom is -0.462 e. The van der Waals surface area contributed by atoms with Crippen molar-refractivity contribution in [2.45, 2.75) is 361 Å². The number of unbranched alkanes of at least 4 members (excludes halogenated alkanes) is 41. The predicted octanol–water partition coefficient (Wildman–Crippen LogP) is 23.7. The summed E-state index contributed by atoms with van der Waals surface area (Å²) in [6, 6.07) is 0. The lowest BCUT2D eigenvalue weighted by molar-refractivity contribution is -0.166. The Kier molecular flexibility index (Phi) is 64.7. The van der Waals surface area contributed by atoms with Crippen LogP contribution in [0.5, 0.6) is 0 Å². The quantitative estimate of drug-likeness (QED) is 0.0261. The molecule has 0 spiro atoms. The number of carbonyl (C=O) groups is 3. The van der Waals surface area contributed by atoms with E-state index >= 15 is 0 Å². The zero-order chi connectivity index (χ0) is 57.1. The van der Waals surface area contributed by atoms with Crippen LogP contribution in [0.25, 0.3) is 0 Å². The second-order valence-corrected chi connectivity index (χ2v) is 23.1. The van der Waals surface area contributed by atoms with Crippen LogP contribution in [-0.4, -0.2) is 37.2 Å². The molecule has 0 aromatic rings. The molecule has 0 fully saturated rings. The van der Waals surface area contributed by atoms with E-state index in [-0.39, 0.29) is 31.6 Å². The van der Waals surface area contributed by atoms with E-state index in [1.807, 2.05) is 6.08 Å². The van der Waals surface area contributed by atoms with E-state index in [1.54, 1.807) is 6.08 Å². The molecule has 0 amide bonds. The molecule has 6 nitrogen and oxygen atoms in total. The Hall–Kier alpha value is -3.15. The zero-order valence-electron chi connectivity index (χ0n) is 52.6. The van der Waals surface area contributed by atoms with Crippen LogP contribution in [0.4, 0.5) is 0 Å². The summed E-state index contributed by atoms with van der Waals surface area (Å²) in [4.78, 5) is 38.1. The molecular weight excluding hydrogens is 973 g/mol. The summed E-state index contributed by atoms with van der Waals surface area (Å²) in [5.41, 5.74) is 0. The SMILES string of the molecule is CC/C=C\C/C=C\C/C=C\C/C=C\C/C=C\CC(=O)OC(COC(=O)CCCCCCCCCCCCC)COC(=O)CCCCCCCCCCCCCCCCCCCCCCCCC/C=C\CCCCCCCCCC. The smallest absolute Gasteiger partial charge is 0.310 e. The first-order valence-electron chi connectivity index (χ1n) is 34.4. The Labute approximate surface area is 491 Å². The van der Waals surface area contributed by atoms with Crippen LogP contribution in [0.2, 0.25) is 0 Å². The molecule has 0 aliphatic rings. The first kappa shape index (κ1) is 75.8. The van der Waals surface area contributed by atoms with Gasteiger partial charge in [-0.05, 0) is 70.6 Å². The third-order valence-electron chi connectivity index (χ3n) is 15.2. The Balaban J connectivity index is 4.07. The molecule has 0 N–H and O–H groups in total. The molecule has 0 aliphatic heterocycles. The third-order valence-corrected chi connectivity index (χ3v) is 15.2. The highest BCUT2D eigenvalue weighted by Crippen LogP contribution is 2.18. The zero-order valence-corrected chi connectivity index (χ0v) is 52.6. The Morgan fingerprint density at radius 3 is 0.823 bits per heavy atom. The Morgan fingerprint density at radius 2 is 0.532 bits per heavy atom. The van der Waals surface area contributed by atoms with Gasteiger partial charge in [-0.2, -0.15) is 0 Å². The van der Waals surface area contributed by atoms with E-state index in [0.717, 1.165) is 70.6 Å². The maximum Gasteiger partial charge on any atom is 0.310 e. The fraction of sp³-hybridized carbons (Fsp3) is 0.795. The van der Waals surface area contributed by atoms with Crippen LogP contribution in [0.3, 0.4) is 0 Å². The van der Waals surface area contributed by atoms with Crippen molar-refractivity contribution in [3.63, 3.8) is 0 Å². The molecule has 0 aromatic carbocycles. The number of hydrogen-bond donors (Lipinski definition) is 0. The molecule has 0 radical (unpaired) electrons. The van der Waals surface area contributed by atoms with Gasteiger partial charge in [-0.25, -0.2) is 0 Å². The molecule has 458 valence electrons. The molecule has 0 heterocycles. The number of carbonyl (C=O) groups excluding carboxylic acids is 3. The number of esters is 3. The van der Waals surface area contributed by atoms with Gasteiger partial charge in [0, 0.05) is 12.8 Å². The number of rotatable bonds is 63. The van der Waals surface area contributed by atoms with Gasteiger partial charge in [0.2, 0.25) is 0 Å². The van der Waals surface area contributed by atoms with Gasteiger partial charge < -0.3 is 14.2 Å². The fourth-order valence-corrected chi connectivity index (χ4v) is 10.1. The van der Waals surface area contributed by atoms with Gasteiger partial charge in [0.05, 0.1) is 6.42 Å². The lowest BCUT2D eigenvalue weighted by Gasteiger charge is -2.18. The molecule has 0 aromatic heterocycles. The molecule has 0 rings (SSSR count). The largest absolute Gasteiger partial charge is 0.462 e. The molecule has 1 atom stereocenters. The molecule has 0 aliphatic carbocycles. The standard InChI is InChI=1S/C73H130O6/c1-4-7-10-13-16-19-22-24-26-27-28-29-30-31-32-33-34-35-36-37-38-39-40-41-42-43-44-45-47-48-51-54-57-60-63-66-72(75)78-69-70(68-77-71(74)65-62-59-56-53-50-21-18-15-12-9-6-3)79-73(76)67-64-61-58-55-52-49-46-25-23-20-17-14-11-8-5-2/h8,11,17,20,25,27-28,46,52,55,61,64,70H,4-7,9-10,12-16,18-19,21-24,26,29-45,47-51,53-54,56-60,62-63,65-69H2,1-3H3/b11-8-,20-17-,28-27-,46-25-,55-52-,64-61-. The summed E-state index contributed by atoms with van der Waals surface area (Å²) < 4.78 is 16.8. The molecule has 0 bridgehead atoms. The van der Waals surface area contributed by atoms with E-state index < -0.39 is 12.1 Å². The predicted molar refractivity (Wildman–Crippen MR) is 344 cm³/mol. The first-order chi connectivity index (χ1) is 39.0. The van der Waals surface area contributed by atoms with Crippen molar-refractivity contribution in [2.75, 3.05) is 13.2 Å². The van der Waals surface area contributed by atoms with Crippen molar-refractivity contribution in [3.8, 4) is 0 Å². The molecule has 79 heavy (non-hydrogen) atoms. The van der Waals surface area contributed by atoms with E-state index in [4.69, 9.17) is 14.2 Å². The number of hydrogen-bond acceptors (Lipinski definition) is 6. The topological polar surface area (TPSA) is 78.9 Å². The molecular formula is C73H130O6. The van der Waals surface area contributed by atoms with Crippen molar-refractivity contribution in [3.05, 3.63) is 72.9 Å². The summed E-state index contributed by atoms with van der Waals surface area (Å²) in [6.45, 7) is 6.47. The minimum atomic E-state index is -0.827. The molecule has 0 saturated heterocycles. The number of ether oxygens (including phenoxy) is 3. The van der Waals surface area contributed by atoms with Gasteiger partial charge in [-0.1, -0.05) is 338 Å². The van der Waals surface area contributed by atoms with E-state index in [2.05, 4.69) is 81.5 Å². The van der Waals surface area contributed by atoms with Crippen LogP contribution in [0.1, 0.15) is 355 Å². The van der Waals surface area contributed by atoms with Gasteiger partial charge in [0.1, 0.15) is 13.2 Å². The second kappa shape index (κ2) is 67.4. The summed E-state index contributed by atoms with van der Waals surface area (Å²) in [5, 5.41) is 0. The van der Waals surface area contributed by atoms with Crippen molar-refractivity contribution >= 4 is 17.9 Å². The van der Waals surface area contributed by atoms with Crippen molar-refractivity contribution in [2.24, 2.45) is 0 Å². The van der Waals surface area contributed by atoms with E-state index in [0.29, 0.717) is 12.8 Å². The average molecular weight is 1100 g/mol. The maximum atomic E-state index is 12.8. The van der Waals surface area contributed by atoms with E-state index in [9.17, 15) is 14.4 Å². The Morgan fingerprint density at radius 1 is 0.278 bits per heavy atom. The van der Waals surface area contributed by atoms with Crippen molar-refractivity contribution in [1.82, 2.24) is 0 Å². The average Bonchev–Trinajstić information content (AvgIpc) is 3.45. The summed E-state index contributed by atoms with van der Waals surface area (Å²) >= 11 is 0.